The molecule has 0 saturated heterocycles. The van der Waals surface area contributed by atoms with E-state index in [4.69, 9.17) is 9.47 Å². The van der Waals surface area contributed by atoms with Gasteiger partial charge in [-0.15, -0.1) is 0 Å². The van der Waals surface area contributed by atoms with E-state index in [0.717, 1.165) is 11.5 Å². The molecule has 1 aliphatic carbocycles. The van der Waals surface area contributed by atoms with Gasteiger partial charge in [0.1, 0.15) is 0 Å². The van der Waals surface area contributed by atoms with Crippen molar-refractivity contribution >= 4 is 15.9 Å². The van der Waals surface area contributed by atoms with Gasteiger partial charge in [0.15, 0.2) is 11.5 Å². The number of alkyl halides is 1. The van der Waals surface area contributed by atoms with E-state index >= 15 is 0 Å². The van der Waals surface area contributed by atoms with Crippen molar-refractivity contribution in [3.63, 3.8) is 0 Å². The zero-order valence-electron chi connectivity index (χ0n) is 12.3. The fraction of sp³-hybridized carbons (Fsp3) is 0.625. The first-order valence-corrected chi connectivity index (χ1v) is 7.80. The van der Waals surface area contributed by atoms with Crippen LogP contribution < -0.4 is 9.47 Å². The Morgan fingerprint density at radius 1 is 1.11 bits per heavy atom. The highest BCUT2D eigenvalue weighted by Crippen LogP contribution is 2.53. The topological polar surface area (TPSA) is 18.5 Å². The van der Waals surface area contributed by atoms with E-state index < -0.39 is 0 Å². The predicted molar refractivity (Wildman–Crippen MR) is 82.5 cm³/mol. The van der Waals surface area contributed by atoms with Crippen LogP contribution in [0.2, 0.25) is 0 Å². The van der Waals surface area contributed by atoms with E-state index in [9.17, 15) is 0 Å². The number of hydrogen-bond acceptors (Lipinski definition) is 2. The van der Waals surface area contributed by atoms with Crippen molar-refractivity contribution in [1.29, 1.82) is 0 Å². The first-order valence-electron chi connectivity index (χ1n) is 6.88. The first kappa shape index (κ1) is 14.7. The van der Waals surface area contributed by atoms with Crippen molar-refractivity contribution in [3.05, 3.63) is 23.3 Å². The van der Waals surface area contributed by atoms with Gasteiger partial charge in [-0.3, -0.25) is 0 Å². The molecule has 3 heteroatoms. The number of aryl methyl sites for hydroxylation is 1. The number of hydrogen-bond donors (Lipinski definition) is 0. The molecule has 2 nitrogen and oxygen atoms in total. The predicted octanol–water partition coefficient (Wildman–Crippen LogP) is 5.03. The molecule has 2 rings (SSSR count). The molecule has 0 aliphatic heterocycles. The van der Waals surface area contributed by atoms with E-state index in [1.165, 1.54) is 36.8 Å². The summed E-state index contributed by atoms with van der Waals surface area (Å²) in [7, 11) is 3.37. The van der Waals surface area contributed by atoms with E-state index in [-0.39, 0.29) is 0 Å². The number of rotatable bonds is 4. The third-order valence-corrected chi connectivity index (χ3v) is 6.00. The minimum absolute atomic E-state index is 0.352. The quantitative estimate of drug-likeness (QED) is 0.722. The smallest absolute Gasteiger partial charge is 0.161 e. The molecule has 1 unspecified atom stereocenters. The van der Waals surface area contributed by atoms with Crippen LogP contribution in [0.3, 0.4) is 0 Å². The molecular weight excluding hydrogens is 304 g/mol. The highest BCUT2D eigenvalue weighted by Gasteiger charge is 2.37. The van der Waals surface area contributed by atoms with Gasteiger partial charge in [-0.1, -0.05) is 35.7 Å². The molecule has 1 atom stereocenters. The Kier molecular flexibility index (Phi) is 4.44. The van der Waals surface area contributed by atoms with Crippen molar-refractivity contribution in [3.8, 4) is 11.5 Å². The van der Waals surface area contributed by atoms with E-state index in [2.05, 4.69) is 41.9 Å². The lowest BCUT2D eigenvalue weighted by atomic mass is 9.81. The summed E-state index contributed by atoms with van der Waals surface area (Å²) in [6, 6.07) is 4.19. The lowest BCUT2D eigenvalue weighted by Crippen LogP contribution is -2.18. The van der Waals surface area contributed by atoms with E-state index in [1.807, 2.05) is 0 Å². The summed E-state index contributed by atoms with van der Waals surface area (Å²) in [6.07, 6.45) is 5.25. The molecule has 106 valence electrons. The minimum atomic E-state index is 0.352. The Labute approximate surface area is 124 Å². The van der Waals surface area contributed by atoms with Gasteiger partial charge in [0.2, 0.25) is 0 Å². The van der Waals surface area contributed by atoms with Crippen LogP contribution in [0.5, 0.6) is 11.5 Å². The molecular formula is C16H23BrO2. The molecule has 0 aromatic heterocycles. The lowest BCUT2D eigenvalue weighted by Gasteiger charge is -2.31. The number of halogens is 1. The van der Waals surface area contributed by atoms with Gasteiger partial charge in [0.25, 0.3) is 0 Å². The minimum Gasteiger partial charge on any atom is -0.493 e. The van der Waals surface area contributed by atoms with Crippen molar-refractivity contribution in [2.75, 3.05) is 14.2 Å². The molecule has 1 aliphatic rings. The van der Waals surface area contributed by atoms with Gasteiger partial charge in [-0.05, 0) is 48.4 Å². The largest absolute Gasteiger partial charge is 0.493 e. The Bertz CT molecular complexity index is 450. The summed E-state index contributed by atoms with van der Waals surface area (Å²) in [5.41, 5.74) is 2.93. The van der Waals surface area contributed by atoms with Gasteiger partial charge in [0.05, 0.1) is 14.2 Å². The summed E-state index contributed by atoms with van der Waals surface area (Å²) in [4.78, 5) is 0.377. The SMILES string of the molecule is COc1cc(C)c(C(Br)C2(C)CCCC2)cc1OC. The van der Waals surface area contributed by atoms with Crippen molar-refractivity contribution in [2.24, 2.45) is 5.41 Å². The number of methoxy groups -OCH3 is 2. The average molecular weight is 327 g/mol. The molecule has 1 saturated carbocycles. The van der Waals surface area contributed by atoms with Gasteiger partial charge >= 0.3 is 0 Å². The number of ether oxygens (including phenoxy) is 2. The van der Waals surface area contributed by atoms with Gasteiger partial charge in [-0.25, -0.2) is 0 Å². The summed E-state index contributed by atoms with van der Waals surface area (Å²) >= 11 is 3.93. The van der Waals surface area contributed by atoms with Crippen LogP contribution in [0.25, 0.3) is 0 Å². The van der Waals surface area contributed by atoms with Crippen LogP contribution >= 0.6 is 15.9 Å². The zero-order chi connectivity index (χ0) is 14.0. The van der Waals surface area contributed by atoms with E-state index in [0.29, 0.717) is 10.2 Å². The Morgan fingerprint density at radius 2 is 1.63 bits per heavy atom. The second-order valence-corrected chi connectivity index (χ2v) is 6.70. The highest BCUT2D eigenvalue weighted by molar-refractivity contribution is 9.09. The molecule has 1 aromatic rings. The molecule has 1 aromatic carbocycles. The van der Waals surface area contributed by atoms with Crippen molar-refractivity contribution < 1.29 is 9.47 Å². The third kappa shape index (κ3) is 2.76. The molecule has 0 heterocycles. The molecule has 1 fully saturated rings. The highest BCUT2D eigenvalue weighted by atomic mass is 79.9. The molecule has 0 radical (unpaired) electrons. The monoisotopic (exact) mass is 326 g/mol. The van der Waals surface area contributed by atoms with Gasteiger partial charge < -0.3 is 9.47 Å². The normalized spacial score (nSPS) is 19.2. The molecule has 0 N–H and O–H groups in total. The summed E-state index contributed by atoms with van der Waals surface area (Å²) in [5.74, 6) is 1.62. The molecule has 0 spiro atoms. The summed E-state index contributed by atoms with van der Waals surface area (Å²) in [6.45, 7) is 4.53. The Morgan fingerprint density at radius 3 is 2.16 bits per heavy atom. The second kappa shape index (κ2) is 5.74. The van der Waals surface area contributed by atoms with Crippen LogP contribution in [0.4, 0.5) is 0 Å². The molecule has 19 heavy (non-hydrogen) atoms. The Balaban J connectivity index is 2.38. The summed E-state index contributed by atoms with van der Waals surface area (Å²) in [5, 5.41) is 0. The fourth-order valence-electron chi connectivity index (χ4n) is 3.08. The van der Waals surface area contributed by atoms with Gasteiger partial charge in [-0.2, -0.15) is 0 Å². The van der Waals surface area contributed by atoms with Crippen LogP contribution in [-0.2, 0) is 0 Å². The Hall–Kier alpha value is -0.700. The first-order chi connectivity index (χ1) is 9.01. The molecule has 0 amide bonds. The van der Waals surface area contributed by atoms with Crippen molar-refractivity contribution in [2.45, 2.75) is 44.4 Å². The zero-order valence-corrected chi connectivity index (χ0v) is 13.8. The van der Waals surface area contributed by atoms with E-state index in [1.54, 1.807) is 14.2 Å². The molecule has 0 bridgehead atoms. The number of benzene rings is 1. The maximum absolute atomic E-state index is 5.43. The third-order valence-electron chi connectivity index (χ3n) is 4.40. The van der Waals surface area contributed by atoms with Crippen LogP contribution in [0.1, 0.15) is 48.6 Å². The van der Waals surface area contributed by atoms with Gasteiger partial charge in [0, 0.05) is 4.83 Å². The van der Waals surface area contributed by atoms with Crippen LogP contribution in [0, 0.1) is 12.3 Å². The maximum atomic E-state index is 5.43. The fourth-order valence-corrected chi connectivity index (χ4v) is 4.03. The van der Waals surface area contributed by atoms with Crippen LogP contribution in [-0.4, -0.2) is 14.2 Å². The van der Waals surface area contributed by atoms with Crippen molar-refractivity contribution in [1.82, 2.24) is 0 Å². The standard InChI is InChI=1S/C16H23BrO2/c1-11-9-13(18-3)14(19-4)10-12(11)15(17)16(2)7-5-6-8-16/h9-10,15H,5-8H2,1-4H3. The second-order valence-electron chi connectivity index (χ2n) is 5.79. The summed E-state index contributed by atoms with van der Waals surface area (Å²) < 4.78 is 10.8. The lowest BCUT2D eigenvalue weighted by molar-refractivity contribution is 0.327. The average Bonchev–Trinajstić information content (AvgIpc) is 2.85. The van der Waals surface area contributed by atoms with Crippen LogP contribution in [0.15, 0.2) is 12.1 Å². The maximum Gasteiger partial charge on any atom is 0.161 e.